The second-order valence-electron chi connectivity index (χ2n) is 3.36. The highest BCUT2D eigenvalue weighted by atomic mass is 32.2. The van der Waals surface area contributed by atoms with Crippen LogP contribution >= 0.6 is 11.8 Å². The number of carboxylic acid groups (broad SMARTS) is 1. The molecule has 0 radical (unpaired) electrons. The molecule has 2 nitrogen and oxygen atoms in total. The molecule has 0 spiro atoms. The van der Waals surface area contributed by atoms with Crippen molar-refractivity contribution in [1.29, 1.82) is 0 Å². The Bertz CT molecular complexity index is 187. The maximum atomic E-state index is 10.3. The zero-order chi connectivity index (χ0) is 10.3. The molecule has 0 rings (SSSR count). The molecule has 0 aromatic rings. The van der Waals surface area contributed by atoms with Crippen LogP contribution in [0.25, 0.3) is 0 Å². The van der Waals surface area contributed by atoms with Crippen LogP contribution in [0.4, 0.5) is 0 Å². The largest absolute Gasteiger partial charge is 0.478 e. The van der Waals surface area contributed by atoms with Crippen LogP contribution in [-0.2, 0) is 4.79 Å². The van der Waals surface area contributed by atoms with Gasteiger partial charge in [0.25, 0.3) is 0 Å². The molecule has 0 aliphatic rings. The molecule has 1 atom stereocenters. The predicted octanol–water partition coefficient (Wildman–Crippen LogP) is 2.80. The first-order chi connectivity index (χ1) is 6.06. The zero-order valence-electron chi connectivity index (χ0n) is 8.54. The third kappa shape index (κ3) is 7.91. The minimum absolute atomic E-state index is 0.725. The minimum atomic E-state index is -0.846. The lowest BCUT2D eigenvalue weighted by atomic mass is 10.2. The van der Waals surface area contributed by atoms with Crippen molar-refractivity contribution < 1.29 is 9.90 Å². The van der Waals surface area contributed by atoms with Crippen molar-refractivity contribution in [2.45, 2.75) is 27.2 Å². The van der Waals surface area contributed by atoms with Gasteiger partial charge in [-0.25, -0.2) is 4.79 Å². The van der Waals surface area contributed by atoms with E-state index in [1.54, 1.807) is 11.8 Å². The normalized spacial score (nSPS) is 14.2. The lowest BCUT2D eigenvalue weighted by Crippen LogP contribution is -1.98. The molecule has 0 saturated carbocycles. The SMILES string of the molecule is CCC(C)CSCC(C)=CC(=O)O. The molecule has 76 valence electrons. The summed E-state index contributed by atoms with van der Waals surface area (Å²) in [6.45, 7) is 6.24. The van der Waals surface area contributed by atoms with E-state index in [0.717, 1.165) is 23.0 Å². The molecular weight excluding hydrogens is 184 g/mol. The quantitative estimate of drug-likeness (QED) is 0.673. The van der Waals surface area contributed by atoms with Gasteiger partial charge in [-0.1, -0.05) is 25.8 Å². The summed E-state index contributed by atoms with van der Waals surface area (Å²) in [6.07, 6.45) is 2.47. The number of hydrogen-bond donors (Lipinski definition) is 1. The molecule has 0 saturated heterocycles. The topological polar surface area (TPSA) is 37.3 Å². The summed E-state index contributed by atoms with van der Waals surface area (Å²) in [4.78, 5) is 10.3. The first-order valence-corrected chi connectivity index (χ1v) is 5.69. The maximum absolute atomic E-state index is 10.3. The third-order valence-electron chi connectivity index (χ3n) is 1.80. The summed E-state index contributed by atoms with van der Waals surface area (Å²) in [5.74, 6) is 1.82. The lowest BCUT2D eigenvalue weighted by Gasteiger charge is -2.07. The van der Waals surface area contributed by atoms with Gasteiger partial charge in [-0.3, -0.25) is 0 Å². The van der Waals surface area contributed by atoms with Crippen molar-refractivity contribution in [2.75, 3.05) is 11.5 Å². The van der Waals surface area contributed by atoms with Crippen LogP contribution in [0, 0.1) is 5.92 Å². The molecule has 1 unspecified atom stereocenters. The Morgan fingerprint density at radius 1 is 1.62 bits per heavy atom. The van der Waals surface area contributed by atoms with E-state index in [1.165, 1.54) is 12.5 Å². The van der Waals surface area contributed by atoms with E-state index in [-0.39, 0.29) is 0 Å². The van der Waals surface area contributed by atoms with Gasteiger partial charge in [0.1, 0.15) is 0 Å². The van der Waals surface area contributed by atoms with Gasteiger partial charge in [0.2, 0.25) is 0 Å². The molecule has 1 N–H and O–H groups in total. The van der Waals surface area contributed by atoms with Crippen molar-refractivity contribution in [2.24, 2.45) is 5.92 Å². The Labute approximate surface area is 84.4 Å². The standard InChI is InChI=1S/C10H18O2S/c1-4-8(2)6-13-7-9(3)5-10(11)12/h5,8H,4,6-7H2,1-3H3,(H,11,12). The molecule has 0 aliphatic carbocycles. The summed E-state index contributed by atoms with van der Waals surface area (Å²) in [5.41, 5.74) is 0.931. The van der Waals surface area contributed by atoms with E-state index in [9.17, 15) is 4.79 Å². The van der Waals surface area contributed by atoms with E-state index in [1.807, 2.05) is 6.92 Å². The van der Waals surface area contributed by atoms with Crippen LogP contribution < -0.4 is 0 Å². The van der Waals surface area contributed by atoms with Crippen LogP contribution in [0.1, 0.15) is 27.2 Å². The van der Waals surface area contributed by atoms with E-state index in [4.69, 9.17) is 5.11 Å². The first kappa shape index (κ1) is 12.6. The van der Waals surface area contributed by atoms with Crippen molar-refractivity contribution in [3.8, 4) is 0 Å². The smallest absolute Gasteiger partial charge is 0.328 e. The summed E-state index contributed by atoms with van der Waals surface area (Å²) < 4.78 is 0. The van der Waals surface area contributed by atoms with Gasteiger partial charge < -0.3 is 5.11 Å². The van der Waals surface area contributed by atoms with Gasteiger partial charge in [0.15, 0.2) is 0 Å². The molecule has 3 heteroatoms. The molecule has 0 aliphatic heterocycles. The molecule has 0 amide bonds. The maximum Gasteiger partial charge on any atom is 0.328 e. The van der Waals surface area contributed by atoms with Crippen LogP contribution in [0.15, 0.2) is 11.6 Å². The van der Waals surface area contributed by atoms with Crippen LogP contribution in [0.2, 0.25) is 0 Å². The van der Waals surface area contributed by atoms with Gasteiger partial charge in [0.05, 0.1) is 0 Å². The monoisotopic (exact) mass is 202 g/mol. The number of aliphatic carboxylic acids is 1. The lowest BCUT2D eigenvalue weighted by molar-refractivity contribution is -0.131. The number of thioether (sulfide) groups is 1. The third-order valence-corrected chi connectivity index (χ3v) is 3.26. The van der Waals surface area contributed by atoms with Gasteiger partial charge in [0, 0.05) is 11.8 Å². The van der Waals surface area contributed by atoms with Crippen molar-refractivity contribution in [3.05, 3.63) is 11.6 Å². The Morgan fingerprint density at radius 2 is 2.23 bits per heavy atom. The zero-order valence-corrected chi connectivity index (χ0v) is 9.36. The fourth-order valence-electron chi connectivity index (χ4n) is 0.791. The Kier molecular flexibility index (Phi) is 6.77. The van der Waals surface area contributed by atoms with E-state index in [2.05, 4.69) is 13.8 Å². The Hall–Kier alpha value is -0.440. The fraction of sp³-hybridized carbons (Fsp3) is 0.700. The summed E-state index contributed by atoms with van der Waals surface area (Å²) in [6, 6.07) is 0. The average Bonchev–Trinajstić information content (AvgIpc) is 2.02. The fourth-order valence-corrected chi connectivity index (χ4v) is 1.95. The molecule has 13 heavy (non-hydrogen) atoms. The van der Waals surface area contributed by atoms with Gasteiger partial charge in [-0.05, 0) is 18.6 Å². The number of hydrogen-bond acceptors (Lipinski definition) is 2. The molecule has 0 aromatic heterocycles. The average molecular weight is 202 g/mol. The Morgan fingerprint density at radius 3 is 2.69 bits per heavy atom. The number of carboxylic acids is 1. The summed E-state index contributed by atoms with van der Waals surface area (Å²) >= 11 is 1.80. The molecule has 0 fully saturated rings. The summed E-state index contributed by atoms with van der Waals surface area (Å²) in [5, 5.41) is 8.45. The summed E-state index contributed by atoms with van der Waals surface area (Å²) in [7, 11) is 0. The first-order valence-electron chi connectivity index (χ1n) is 4.54. The van der Waals surface area contributed by atoms with Gasteiger partial charge in [-0.15, -0.1) is 0 Å². The van der Waals surface area contributed by atoms with Crippen molar-refractivity contribution in [1.82, 2.24) is 0 Å². The van der Waals surface area contributed by atoms with Crippen LogP contribution in [-0.4, -0.2) is 22.6 Å². The molecule has 0 aromatic carbocycles. The second-order valence-corrected chi connectivity index (χ2v) is 4.39. The molecule has 0 bridgehead atoms. The highest BCUT2D eigenvalue weighted by Gasteiger charge is 1.99. The van der Waals surface area contributed by atoms with Gasteiger partial charge >= 0.3 is 5.97 Å². The van der Waals surface area contributed by atoms with Crippen molar-refractivity contribution >= 4 is 17.7 Å². The Balaban J connectivity index is 3.59. The van der Waals surface area contributed by atoms with Gasteiger partial charge in [-0.2, -0.15) is 11.8 Å². The number of rotatable bonds is 6. The minimum Gasteiger partial charge on any atom is -0.478 e. The van der Waals surface area contributed by atoms with Crippen molar-refractivity contribution in [3.63, 3.8) is 0 Å². The highest BCUT2D eigenvalue weighted by Crippen LogP contribution is 2.13. The molecular formula is C10H18O2S. The van der Waals surface area contributed by atoms with E-state index >= 15 is 0 Å². The second kappa shape index (κ2) is 7.01. The van der Waals surface area contributed by atoms with E-state index < -0.39 is 5.97 Å². The number of carbonyl (C=O) groups is 1. The predicted molar refractivity (Wildman–Crippen MR) is 58.2 cm³/mol. The molecule has 0 heterocycles. The van der Waals surface area contributed by atoms with Crippen LogP contribution in [0.3, 0.4) is 0 Å². The van der Waals surface area contributed by atoms with E-state index in [0.29, 0.717) is 0 Å². The highest BCUT2D eigenvalue weighted by molar-refractivity contribution is 7.99. The van der Waals surface area contributed by atoms with Crippen LogP contribution in [0.5, 0.6) is 0 Å².